The van der Waals surface area contributed by atoms with Crippen molar-refractivity contribution >= 4 is 40.5 Å². The van der Waals surface area contributed by atoms with Crippen molar-refractivity contribution in [1.82, 2.24) is 0 Å². The number of carbonyl (C=O) groups excluding carboxylic acids is 1. The molecular weight excluding hydrogens is 307 g/mol. The van der Waals surface area contributed by atoms with Gasteiger partial charge in [0.1, 0.15) is 6.04 Å². The van der Waals surface area contributed by atoms with Gasteiger partial charge < -0.3 is 10.6 Å². The maximum Gasteiger partial charge on any atom is 0.246 e. The van der Waals surface area contributed by atoms with Gasteiger partial charge in [0.25, 0.3) is 0 Å². The molecule has 2 aromatic rings. The number of benzene rings is 2. The van der Waals surface area contributed by atoms with Crippen molar-refractivity contribution in [2.24, 2.45) is 0 Å². The van der Waals surface area contributed by atoms with Crippen molar-refractivity contribution in [3.05, 3.63) is 58.6 Å². The van der Waals surface area contributed by atoms with E-state index in [1.165, 1.54) is 0 Å². The second-order valence-corrected chi connectivity index (χ2v) is 5.35. The first-order chi connectivity index (χ1) is 10.1. The SMILES string of the molecule is CC[C@H](Nc1cccc(Cl)c1Cl)C(=O)Nc1ccccc1. The lowest BCUT2D eigenvalue weighted by atomic mass is 10.2. The molecule has 2 N–H and O–H groups in total. The highest BCUT2D eigenvalue weighted by Crippen LogP contribution is 2.30. The van der Waals surface area contributed by atoms with E-state index in [1.54, 1.807) is 18.2 Å². The first-order valence-corrected chi connectivity index (χ1v) is 7.44. The largest absolute Gasteiger partial charge is 0.372 e. The van der Waals surface area contributed by atoms with Crippen molar-refractivity contribution in [3.63, 3.8) is 0 Å². The maximum absolute atomic E-state index is 12.3. The third kappa shape index (κ3) is 4.13. The smallest absolute Gasteiger partial charge is 0.246 e. The van der Waals surface area contributed by atoms with E-state index >= 15 is 0 Å². The molecule has 2 aromatic carbocycles. The number of hydrogen-bond acceptors (Lipinski definition) is 2. The molecule has 0 aliphatic rings. The zero-order valence-electron chi connectivity index (χ0n) is 11.6. The number of para-hydroxylation sites is 1. The van der Waals surface area contributed by atoms with Gasteiger partial charge in [-0.25, -0.2) is 0 Å². The number of rotatable bonds is 5. The number of amides is 1. The minimum atomic E-state index is -0.388. The molecule has 0 saturated heterocycles. The fourth-order valence-electron chi connectivity index (χ4n) is 1.91. The summed E-state index contributed by atoms with van der Waals surface area (Å²) >= 11 is 12.1. The number of hydrogen-bond donors (Lipinski definition) is 2. The molecule has 2 rings (SSSR count). The van der Waals surface area contributed by atoms with E-state index in [9.17, 15) is 4.79 Å². The molecule has 3 nitrogen and oxygen atoms in total. The van der Waals surface area contributed by atoms with Crippen molar-refractivity contribution < 1.29 is 4.79 Å². The molecule has 0 aliphatic heterocycles. The van der Waals surface area contributed by atoms with Crippen LogP contribution in [0.1, 0.15) is 13.3 Å². The van der Waals surface area contributed by atoms with Gasteiger partial charge in [-0.2, -0.15) is 0 Å². The maximum atomic E-state index is 12.3. The molecule has 1 amide bonds. The lowest BCUT2D eigenvalue weighted by Crippen LogP contribution is -2.34. The molecule has 0 radical (unpaired) electrons. The average Bonchev–Trinajstić information content (AvgIpc) is 2.49. The minimum Gasteiger partial charge on any atom is -0.372 e. The van der Waals surface area contributed by atoms with Gasteiger partial charge in [0, 0.05) is 5.69 Å². The second kappa shape index (κ2) is 7.34. The summed E-state index contributed by atoms with van der Waals surface area (Å²) in [6, 6.07) is 14.2. The Hall–Kier alpha value is -1.71. The molecule has 0 fully saturated rings. The molecule has 0 bridgehead atoms. The summed E-state index contributed by atoms with van der Waals surface area (Å²) in [4.78, 5) is 12.3. The molecule has 0 unspecified atom stereocenters. The number of carbonyl (C=O) groups is 1. The van der Waals surface area contributed by atoms with Crippen LogP contribution in [0.15, 0.2) is 48.5 Å². The average molecular weight is 323 g/mol. The van der Waals surface area contributed by atoms with Gasteiger partial charge >= 0.3 is 0 Å². The van der Waals surface area contributed by atoms with Crippen molar-refractivity contribution in [1.29, 1.82) is 0 Å². The molecule has 0 heterocycles. The summed E-state index contributed by atoms with van der Waals surface area (Å²) in [6.45, 7) is 1.93. The van der Waals surface area contributed by atoms with Crippen LogP contribution in [0.3, 0.4) is 0 Å². The number of halogens is 2. The summed E-state index contributed by atoms with van der Waals surface area (Å²) < 4.78 is 0. The Morgan fingerprint density at radius 1 is 1.10 bits per heavy atom. The molecule has 0 spiro atoms. The van der Waals surface area contributed by atoms with E-state index < -0.39 is 0 Å². The molecule has 0 aliphatic carbocycles. The lowest BCUT2D eigenvalue weighted by molar-refractivity contribution is -0.116. The zero-order chi connectivity index (χ0) is 15.2. The van der Waals surface area contributed by atoms with Gasteiger partial charge in [0.05, 0.1) is 15.7 Å². The number of anilines is 2. The normalized spacial score (nSPS) is 11.8. The summed E-state index contributed by atoms with van der Waals surface area (Å²) in [6.07, 6.45) is 0.626. The third-order valence-corrected chi connectivity index (χ3v) is 3.87. The molecule has 1 atom stereocenters. The Morgan fingerprint density at radius 2 is 1.81 bits per heavy atom. The van der Waals surface area contributed by atoms with Gasteiger partial charge in [-0.05, 0) is 30.7 Å². The Bertz CT molecular complexity index is 617. The predicted octanol–water partition coefficient (Wildman–Crippen LogP) is 4.82. The Balaban J connectivity index is 2.09. The molecule has 5 heteroatoms. The van der Waals surface area contributed by atoms with E-state index in [1.807, 2.05) is 37.3 Å². The van der Waals surface area contributed by atoms with Crippen LogP contribution in [0.4, 0.5) is 11.4 Å². The van der Waals surface area contributed by atoms with E-state index in [0.29, 0.717) is 22.2 Å². The van der Waals surface area contributed by atoms with Gasteiger partial charge in [-0.15, -0.1) is 0 Å². The third-order valence-electron chi connectivity index (χ3n) is 3.05. The van der Waals surface area contributed by atoms with Gasteiger partial charge in [0.2, 0.25) is 5.91 Å². The van der Waals surface area contributed by atoms with Gasteiger partial charge in [-0.3, -0.25) is 4.79 Å². The molecule has 0 saturated carbocycles. The molecule has 21 heavy (non-hydrogen) atoms. The minimum absolute atomic E-state index is 0.111. The van der Waals surface area contributed by atoms with Crippen molar-refractivity contribution in [2.45, 2.75) is 19.4 Å². The van der Waals surface area contributed by atoms with Crippen LogP contribution in [0.2, 0.25) is 10.0 Å². The van der Waals surface area contributed by atoms with E-state index in [-0.39, 0.29) is 11.9 Å². The first-order valence-electron chi connectivity index (χ1n) is 6.68. The summed E-state index contributed by atoms with van der Waals surface area (Å²) in [5, 5.41) is 6.88. The Morgan fingerprint density at radius 3 is 2.48 bits per heavy atom. The van der Waals surface area contributed by atoms with E-state index in [4.69, 9.17) is 23.2 Å². The highest BCUT2D eigenvalue weighted by Gasteiger charge is 2.18. The monoisotopic (exact) mass is 322 g/mol. The molecule has 0 aromatic heterocycles. The highest BCUT2D eigenvalue weighted by molar-refractivity contribution is 6.43. The van der Waals surface area contributed by atoms with Crippen LogP contribution in [0, 0.1) is 0 Å². The van der Waals surface area contributed by atoms with E-state index in [2.05, 4.69) is 10.6 Å². The van der Waals surface area contributed by atoms with Crippen LogP contribution in [0.5, 0.6) is 0 Å². The highest BCUT2D eigenvalue weighted by atomic mass is 35.5. The predicted molar refractivity (Wildman–Crippen MR) is 89.2 cm³/mol. The summed E-state index contributed by atoms with van der Waals surface area (Å²) in [5.41, 5.74) is 1.42. The first kappa shape index (κ1) is 15.7. The van der Waals surface area contributed by atoms with Crippen LogP contribution >= 0.6 is 23.2 Å². The topological polar surface area (TPSA) is 41.1 Å². The standard InChI is InChI=1S/C16H16Cl2N2O/c1-2-13(16(21)19-11-7-4-3-5-8-11)20-14-10-6-9-12(17)15(14)18/h3-10,13,20H,2H2,1H3,(H,19,21)/t13-/m0/s1. The fourth-order valence-corrected chi connectivity index (χ4v) is 2.26. The van der Waals surface area contributed by atoms with E-state index in [0.717, 1.165) is 5.69 Å². The van der Waals surface area contributed by atoms with Gasteiger partial charge in [0.15, 0.2) is 0 Å². The van der Waals surface area contributed by atoms with Crippen LogP contribution < -0.4 is 10.6 Å². The van der Waals surface area contributed by atoms with Crippen LogP contribution in [0.25, 0.3) is 0 Å². The van der Waals surface area contributed by atoms with Crippen molar-refractivity contribution in [2.75, 3.05) is 10.6 Å². The quantitative estimate of drug-likeness (QED) is 0.828. The van der Waals surface area contributed by atoms with Crippen LogP contribution in [-0.4, -0.2) is 11.9 Å². The van der Waals surface area contributed by atoms with Crippen molar-refractivity contribution in [3.8, 4) is 0 Å². The number of nitrogens with one attached hydrogen (secondary N) is 2. The zero-order valence-corrected chi connectivity index (χ0v) is 13.1. The van der Waals surface area contributed by atoms with Gasteiger partial charge in [-0.1, -0.05) is 54.4 Å². The molecule has 110 valence electrons. The fraction of sp³-hybridized carbons (Fsp3) is 0.188. The second-order valence-electron chi connectivity index (χ2n) is 4.56. The molecular formula is C16H16Cl2N2O. The van der Waals surface area contributed by atoms with Crippen LogP contribution in [-0.2, 0) is 4.79 Å². The summed E-state index contributed by atoms with van der Waals surface area (Å²) in [7, 11) is 0. The Kier molecular flexibility index (Phi) is 5.48. The summed E-state index contributed by atoms with van der Waals surface area (Å²) in [5.74, 6) is -0.111. The lowest BCUT2D eigenvalue weighted by Gasteiger charge is -2.19. The Labute approximate surface area is 134 Å².